The average molecular weight is 192 g/mol. The fourth-order valence-electron chi connectivity index (χ4n) is 2.34. The molecule has 1 aliphatic carbocycles. The minimum atomic E-state index is 0.938. The van der Waals surface area contributed by atoms with Crippen LogP contribution in [0.4, 0.5) is 0 Å². The molecule has 2 aromatic rings. The van der Waals surface area contributed by atoms with Gasteiger partial charge in [0.2, 0.25) is 0 Å². The van der Waals surface area contributed by atoms with Gasteiger partial charge in [-0.3, -0.25) is 0 Å². The summed E-state index contributed by atoms with van der Waals surface area (Å²) in [5.74, 6) is 0. The summed E-state index contributed by atoms with van der Waals surface area (Å²) in [5.41, 5.74) is 4.86. The SMILES string of the molecule is C=C1Cc2cccc3cccc(c23)C1=C. The Balaban J connectivity index is 2.51. The van der Waals surface area contributed by atoms with Gasteiger partial charge in [-0.25, -0.2) is 0 Å². The van der Waals surface area contributed by atoms with Crippen molar-refractivity contribution in [2.75, 3.05) is 0 Å². The highest BCUT2D eigenvalue weighted by atomic mass is 14.2. The Morgan fingerprint density at radius 3 is 2.47 bits per heavy atom. The van der Waals surface area contributed by atoms with Gasteiger partial charge in [0.1, 0.15) is 0 Å². The zero-order valence-electron chi connectivity index (χ0n) is 8.59. The summed E-state index contributed by atoms with van der Waals surface area (Å²) >= 11 is 0. The predicted octanol–water partition coefficient (Wildman–Crippen LogP) is 3.97. The van der Waals surface area contributed by atoms with E-state index in [0.29, 0.717) is 0 Å². The van der Waals surface area contributed by atoms with Gasteiger partial charge in [-0.05, 0) is 39.5 Å². The van der Waals surface area contributed by atoms with Crippen LogP contribution >= 0.6 is 0 Å². The largest absolute Gasteiger partial charge is 0.0949 e. The summed E-state index contributed by atoms with van der Waals surface area (Å²) in [4.78, 5) is 0. The molecular weight excluding hydrogens is 180 g/mol. The van der Waals surface area contributed by atoms with Crippen LogP contribution in [0, 0.1) is 0 Å². The van der Waals surface area contributed by atoms with Crippen molar-refractivity contribution in [3.63, 3.8) is 0 Å². The first-order valence-corrected chi connectivity index (χ1v) is 5.15. The van der Waals surface area contributed by atoms with Gasteiger partial charge in [0.15, 0.2) is 0 Å². The molecule has 0 bridgehead atoms. The van der Waals surface area contributed by atoms with Gasteiger partial charge in [-0.15, -0.1) is 0 Å². The summed E-state index contributed by atoms with van der Waals surface area (Å²) in [6, 6.07) is 12.8. The van der Waals surface area contributed by atoms with E-state index < -0.39 is 0 Å². The molecule has 1 aliphatic rings. The highest BCUT2D eigenvalue weighted by Crippen LogP contribution is 2.37. The Morgan fingerprint density at radius 2 is 1.67 bits per heavy atom. The summed E-state index contributed by atoms with van der Waals surface area (Å²) in [6.45, 7) is 8.20. The Hall–Kier alpha value is -1.82. The van der Waals surface area contributed by atoms with Gasteiger partial charge in [-0.2, -0.15) is 0 Å². The molecule has 0 aliphatic heterocycles. The standard InChI is InChI=1S/C15H12/c1-10-9-13-7-3-5-12-6-4-8-14(11(10)2)15(12)13/h3-8H,1-2,9H2. The van der Waals surface area contributed by atoms with E-state index in [1.807, 2.05) is 0 Å². The van der Waals surface area contributed by atoms with Crippen molar-refractivity contribution in [2.45, 2.75) is 6.42 Å². The number of hydrogen-bond donors (Lipinski definition) is 0. The topological polar surface area (TPSA) is 0 Å². The minimum absolute atomic E-state index is 0.938. The third-order valence-electron chi connectivity index (χ3n) is 3.15. The molecule has 0 nitrogen and oxygen atoms in total. The molecule has 0 aromatic heterocycles. The van der Waals surface area contributed by atoms with Crippen LogP contribution < -0.4 is 0 Å². The fourth-order valence-corrected chi connectivity index (χ4v) is 2.34. The minimum Gasteiger partial charge on any atom is -0.0949 e. The lowest BCUT2D eigenvalue weighted by atomic mass is 9.83. The summed E-state index contributed by atoms with van der Waals surface area (Å²) in [7, 11) is 0. The highest BCUT2D eigenvalue weighted by molar-refractivity contribution is 6.01. The smallest absolute Gasteiger partial charge is 0.00193 e. The molecule has 0 saturated heterocycles. The average Bonchev–Trinajstić information content (AvgIpc) is 2.26. The Kier molecular flexibility index (Phi) is 1.60. The second-order valence-corrected chi connectivity index (χ2v) is 4.08. The van der Waals surface area contributed by atoms with Crippen LogP contribution in [0.3, 0.4) is 0 Å². The molecule has 15 heavy (non-hydrogen) atoms. The van der Waals surface area contributed by atoms with E-state index in [1.165, 1.54) is 21.9 Å². The van der Waals surface area contributed by atoms with E-state index in [9.17, 15) is 0 Å². The molecule has 0 saturated carbocycles. The molecule has 0 radical (unpaired) electrons. The molecule has 0 spiro atoms. The van der Waals surface area contributed by atoms with Gasteiger partial charge >= 0.3 is 0 Å². The van der Waals surface area contributed by atoms with E-state index in [-0.39, 0.29) is 0 Å². The third-order valence-corrected chi connectivity index (χ3v) is 3.15. The lowest BCUT2D eigenvalue weighted by Crippen LogP contribution is -2.02. The maximum Gasteiger partial charge on any atom is -0.00193 e. The molecule has 2 aromatic carbocycles. The van der Waals surface area contributed by atoms with Crippen LogP contribution in [-0.2, 0) is 6.42 Å². The number of benzene rings is 2. The lowest BCUT2D eigenvalue weighted by molar-refractivity contribution is 1.21. The zero-order valence-corrected chi connectivity index (χ0v) is 8.59. The predicted molar refractivity (Wildman–Crippen MR) is 65.8 cm³/mol. The van der Waals surface area contributed by atoms with E-state index in [4.69, 9.17) is 0 Å². The summed E-state index contributed by atoms with van der Waals surface area (Å²) in [6.07, 6.45) is 0.938. The molecule has 0 fully saturated rings. The quantitative estimate of drug-likeness (QED) is 0.592. The Labute approximate surface area is 89.6 Å². The molecule has 0 unspecified atom stereocenters. The van der Waals surface area contributed by atoms with Gasteiger partial charge in [-0.1, -0.05) is 49.6 Å². The van der Waals surface area contributed by atoms with Gasteiger partial charge in [0.25, 0.3) is 0 Å². The fraction of sp³-hybridized carbons (Fsp3) is 0.0667. The van der Waals surface area contributed by atoms with E-state index in [1.54, 1.807) is 0 Å². The van der Waals surface area contributed by atoms with Crippen molar-refractivity contribution in [1.29, 1.82) is 0 Å². The normalized spacial score (nSPS) is 14.7. The van der Waals surface area contributed by atoms with Crippen LogP contribution in [0.25, 0.3) is 16.3 Å². The second-order valence-electron chi connectivity index (χ2n) is 4.08. The van der Waals surface area contributed by atoms with Crippen molar-refractivity contribution >= 4 is 16.3 Å². The maximum atomic E-state index is 4.12. The molecule has 0 atom stereocenters. The first kappa shape index (κ1) is 8.49. The molecule has 0 heteroatoms. The van der Waals surface area contributed by atoms with Gasteiger partial charge < -0.3 is 0 Å². The zero-order chi connectivity index (χ0) is 10.4. The van der Waals surface area contributed by atoms with Gasteiger partial charge in [0.05, 0.1) is 0 Å². The third kappa shape index (κ3) is 1.08. The lowest BCUT2D eigenvalue weighted by Gasteiger charge is -2.21. The molecule has 72 valence electrons. The van der Waals surface area contributed by atoms with E-state index in [0.717, 1.165) is 17.6 Å². The first-order valence-electron chi connectivity index (χ1n) is 5.15. The van der Waals surface area contributed by atoms with Gasteiger partial charge in [0, 0.05) is 0 Å². The van der Waals surface area contributed by atoms with Crippen molar-refractivity contribution in [1.82, 2.24) is 0 Å². The van der Waals surface area contributed by atoms with Crippen molar-refractivity contribution in [3.05, 3.63) is 66.3 Å². The first-order chi connectivity index (χ1) is 7.27. The van der Waals surface area contributed by atoms with Crippen LogP contribution in [0.2, 0.25) is 0 Å². The monoisotopic (exact) mass is 192 g/mol. The van der Waals surface area contributed by atoms with Crippen LogP contribution in [0.5, 0.6) is 0 Å². The molecule has 0 heterocycles. The number of hydrogen-bond acceptors (Lipinski definition) is 0. The van der Waals surface area contributed by atoms with Crippen LogP contribution in [0.1, 0.15) is 11.1 Å². The van der Waals surface area contributed by atoms with Crippen molar-refractivity contribution in [3.8, 4) is 0 Å². The maximum absolute atomic E-state index is 4.12. The second kappa shape index (κ2) is 2.83. The summed E-state index contributed by atoms with van der Waals surface area (Å²) < 4.78 is 0. The highest BCUT2D eigenvalue weighted by Gasteiger charge is 2.16. The van der Waals surface area contributed by atoms with E-state index in [2.05, 4.69) is 49.6 Å². The Bertz CT molecular complexity index is 583. The van der Waals surface area contributed by atoms with Crippen molar-refractivity contribution < 1.29 is 0 Å². The van der Waals surface area contributed by atoms with Crippen LogP contribution in [-0.4, -0.2) is 0 Å². The molecule has 0 N–H and O–H groups in total. The van der Waals surface area contributed by atoms with E-state index >= 15 is 0 Å². The summed E-state index contributed by atoms with van der Waals surface area (Å²) in [5, 5.41) is 2.66. The number of allylic oxidation sites excluding steroid dienone is 2. The molecule has 0 amide bonds. The Morgan fingerprint density at radius 1 is 0.933 bits per heavy atom. The molecular formula is C15H12. The van der Waals surface area contributed by atoms with Crippen LogP contribution in [0.15, 0.2) is 55.1 Å². The molecule has 3 rings (SSSR count). The number of rotatable bonds is 0. The van der Waals surface area contributed by atoms with Crippen molar-refractivity contribution in [2.24, 2.45) is 0 Å².